The van der Waals surface area contributed by atoms with Crippen LogP contribution in [-0.4, -0.2) is 25.0 Å². The predicted octanol–water partition coefficient (Wildman–Crippen LogP) is 5.06. The fraction of sp³-hybridized carbons (Fsp3) is 0.588. The first kappa shape index (κ1) is 16.1. The van der Waals surface area contributed by atoms with Crippen molar-refractivity contribution in [3.63, 3.8) is 0 Å². The second-order valence-corrected chi connectivity index (χ2v) is 6.85. The highest BCUT2D eigenvalue weighted by molar-refractivity contribution is 6.42. The quantitative estimate of drug-likeness (QED) is 0.566. The molecule has 0 radical (unpaired) electrons. The fourth-order valence-corrected chi connectivity index (χ4v) is 4.18. The van der Waals surface area contributed by atoms with Gasteiger partial charge in [-0.2, -0.15) is 0 Å². The Labute approximate surface area is 141 Å². The molecular formula is C17H21Cl2NO2. The lowest BCUT2D eigenvalue weighted by Crippen LogP contribution is -2.39. The van der Waals surface area contributed by atoms with Crippen molar-refractivity contribution in [2.75, 3.05) is 7.11 Å². The Bertz CT molecular complexity index is 576. The molecule has 22 heavy (non-hydrogen) atoms. The molecule has 3 rings (SSSR count). The average Bonchev–Trinajstić information content (AvgIpc) is 2.90. The monoisotopic (exact) mass is 341 g/mol. The highest BCUT2D eigenvalue weighted by Gasteiger charge is 2.45. The zero-order valence-corrected chi connectivity index (χ0v) is 14.4. The minimum atomic E-state index is 0.229. The molecule has 2 fully saturated rings. The van der Waals surface area contributed by atoms with Crippen LogP contribution in [-0.2, 0) is 9.57 Å². The van der Waals surface area contributed by atoms with Crippen LogP contribution in [0.25, 0.3) is 0 Å². The topological polar surface area (TPSA) is 30.8 Å². The van der Waals surface area contributed by atoms with Gasteiger partial charge in [-0.3, -0.25) is 0 Å². The van der Waals surface area contributed by atoms with Crippen LogP contribution in [0.2, 0.25) is 10.0 Å². The number of oxime groups is 1. The van der Waals surface area contributed by atoms with Crippen molar-refractivity contribution in [1.29, 1.82) is 0 Å². The Morgan fingerprint density at radius 1 is 1.32 bits per heavy atom. The van der Waals surface area contributed by atoms with Crippen LogP contribution in [0.1, 0.15) is 44.1 Å². The Morgan fingerprint density at radius 2 is 2.14 bits per heavy atom. The predicted molar refractivity (Wildman–Crippen MR) is 89.9 cm³/mol. The highest BCUT2D eigenvalue weighted by atomic mass is 35.5. The molecule has 0 aliphatic carbocycles. The van der Waals surface area contributed by atoms with Crippen LogP contribution in [0.4, 0.5) is 0 Å². The van der Waals surface area contributed by atoms with E-state index in [-0.39, 0.29) is 12.0 Å². The summed E-state index contributed by atoms with van der Waals surface area (Å²) in [6.07, 6.45) is 4.66. The van der Waals surface area contributed by atoms with E-state index in [1.165, 1.54) is 5.56 Å². The maximum absolute atomic E-state index is 6.23. The van der Waals surface area contributed by atoms with Crippen molar-refractivity contribution in [2.45, 2.75) is 50.7 Å². The van der Waals surface area contributed by atoms with Crippen LogP contribution in [0.3, 0.4) is 0 Å². The molecule has 3 nitrogen and oxygen atoms in total. The molecule has 2 saturated heterocycles. The standard InChI is InChI=1S/C17H21Cl2NO2/c1-3-15(20-21-2)17-12(9-11-5-7-16(17)22-11)10-4-6-13(18)14(19)8-10/h4,6,8,11-12,16-17H,3,5,7,9H2,1-2H3/t11?,12-,16+,17-/m1/s1. The average molecular weight is 342 g/mol. The molecule has 120 valence electrons. The van der Waals surface area contributed by atoms with Gasteiger partial charge in [-0.15, -0.1) is 0 Å². The third-order valence-corrected chi connectivity index (χ3v) is 5.56. The summed E-state index contributed by atoms with van der Waals surface area (Å²) in [5, 5.41) is 5.48. The first-order chi connectivity index (χ1) is 10.6. The number of halogens is 2. The number of fused-ring (bicyclic) bond motifs is 2. The first-order valence-corrected chi connectivity index (χ1v) is 8.60. The third-order valence-electron chi connectivity index (χ3n) is 4.82. The molecule has 0 spiro atoms. The molecule has 2 bridgehead atoms. The van der Waals surface area contributed by atoms with Crippen LogP contribution < -0.4 is 0 Å². The van der Waals surface area contributed by atoms with E-state index in [1.54, 1.807) is 7.11 Å². The number of nitrogens with zero attached hydrogens (tertiary/aromatic N) is 1. The van der Waals surface area contributed by atoms with Crippen molar-refractivity contribution in [1.82, 2.24) is 0 Å². The lowest BCUT2D eigenvalue weighted by atomic mass is 9.76. The van der Waals surface area contributed by atoms with Gasteiger partial charge in [0.2, 0.25) is 0 Å². The largest absolute Gasteiger partial charge is 0.399 e. The van der Waals surface area contributed by atoms with Gasteiger partial charge in [0.05, 0.1) is 28.0 Å². The van der Waals surface area contributed by atoms with E-state index in [0.29, 0.717) is 22.1 Å². The normalized spacial score (nSPS) is 31.4. The molecule has 2 aliphatic rings. The smallest absolute Gasteiger partial charge is 0.106 e. The molecule has 5 heteroatoms. The minimum absolute atomic E-state index is 0.229. The Kier molecular flexibility index (Phi) is 4.96. The van der Waals surface area contributed by atoms with Gasteiger partial charge in [0.15, 0.2) is 0 Å². The van der Waals surface area contributed by atoms with Gasteiger partial charge in [0.1, 0.15) is 7.11 Å². The summed E-state index contributed by atoms with van der Waals surface area (Å²) >= 11 is 12.3. The second kappa shape index (κ2) is 6.77. The van der Waals surface area contributed by atoms with Crippen molar-refractivity contribution in [2.24, 2.45) is 11.1 Å². The second-order valence-electron chi connectivity index (χ2n) is 6.03. The lowest BCUT2D eigenvalue weighted by Gasteiger charge is -2.37. The Balaban J connectivity index is 1.98. The van der Waals surface area contributed by atoms with Crippen molar-refractivity contribution in [3.05, 3.63) is 33.8 Å². The highest BCUT2D eigenvalue weighted by Crippen LogP contribution is 2.47. The number of benzene rings is 1. The van der Waals surface area contributed by atoms with E-state index < -0.39 is 0 Å². The Morgan fingerprint density at radius 3 is 2.82 bits per heavy atom. The van der Waals surface area contributed by atoms with E-state index in [0.717, 1.165) is 31.4 Å². The van der Waals surface area contributed by atoms with Crippen LogP contribution >= 0.6 is 23.2 Å². The maximum atomic E-state index is 6.23. The van der Waals surface area contributed by atoms with Gasteiger partial charge >= 0.3 is 0 Å². The van der Waals surface area contributed by atoms with Crippen LogP contribution in [0, 0.1) is 5.92 Å². The molecule has 0 saturated carbocycles. The van der Waals surface area contributed by atoms with Gasteiger partial charge in [-0.1, -0.05) is 41.3 Å². The zero-order chi connectivity index (χ0) is 15.7. The lowest BCUT2D eigenvalue weighted by molar-refractivity contribution is -0.0249. The van der Waals surface area contributed by atoms with E-state index in [4.69, 9.17) is 32.8 Å². The van der Waals surface area contributed by atoms with Gasteiger partial charge in [-0.25, -0.2) is 0 Å². The van der Waals surface area contributed by atoms with Gasteiger partial charge in [0, 0.05) is 5.92 Å². The fourth-order valence-electron chi connectivity index (χ4n) is 3.87. The van der Waals surface area contributed by atoms with Crippen molar-refractivity contribution < 1.29 is 9.57 Å². The molecule has 0 amide bonds. The summed E-state index contributed by atoms with van der Waals surface area (Å²) in [5.74, 6) is 0.607. The van der Waals surface area contributed by atoms with Crippen LogP contribution in [0.5, 0.6) is 0 Å². The summed E-state index contributed by atoms with van der Waals surface area (Å²) in [5.41, 5.74) is 2.29. The molecule has 1 unspecified atom stereocenters. The Hall–Kier alpha value is -0.770. The first-order valence-electron chi connectivity index (χ1n) is 7.84. The molecule has 0 N–H and O–H groups in total. The zero-order valence-electron chi connectivity index (χ0n) is 12.9. The maximum Gasteiger partial charge on any atom is 0.106 e. The summed E-state index contributed by atoms with van der Waals surface area (Å²) in [4.78, 5) is 5.07. The summed E-state index contributed by atoms with van der Waals surface area (Å²) < 4.78 is 6.15. The summed E-state index contributed by atoms with van der Waals surface area (Å²) in [6, 6.07) is 5.95. The van der Waals surface area contributed by atoms with Crippen molar-refractivity contribution >= 4 is 28.9 Å². The van der Waals surface area contributed by atoms with E-state index in [1.807, 2.05) is 12.1 Å². The summed E-state index contributed by atoms with van der Waals surface area (Å²) in [6.45, 7) is 2.12. The molecular weight excluding hydrogens is 321 g/mol. The van der Waals surface area contributed by atoms with E-state index in [9.17, 15) is 0 Å². The summed E-state index contributed by atoms with van der Waals surface area (Å²) in [7, 11) is 1.60. The number of hydrogen-bond acceptors (Lipinski definition) is 3. The van der Waals surface area contributed by atoms with Crippen LogP contribution in [0.15, 0.2) is 23.4 Å². The van der Waals surface area contributed by atoms with Gasteiger partial charge < -0.3 is 9.57 Å². The SMILES string of the molecule is CCC(=NOC)[C@@H]1[C@@H]2CCC(C[C@@H]1c1ccc(Cl)c(Cl)c1)O2. The number of hydrogen-bond donors (Lipinski definition) is 0. The number of ether oxygens (including phenoxy) is 1. The molecule has 2 aliphatic heterocycles. The van der Waals surface area contributed by atoms with E-state index in [2.05, 4.69) is 18.1 Å². The molecule has 4 atom stereocenters. The van der Waals surface area contributed by atoms with Crippen molar-refractivity contribution in [3.8, 4) is 0 Å². The molecule has 1 aromatic carbocycles. The van der Waals surface area contributed by atoms with Gasteiger partial charge in [0.25, 0.3) is 0 Å². The molecule has 1 aromatic rings. The molecule has 2 heterocycles. The third kappa shape index (κ3) is 2.99. The molecule has 0 aromatic heterocycles. The number of rotatable bonds is 4. The minimum Gasteiger partial charge on any atom is -0.399 e. The van der Waals surface area contributed by atoms with E-state index >= 15 is 0 Å². The van der Waals surface area contributed by atoms with Gasteiger partial charge in [-0.05, 0) is 49.3 Å².